The first-order valence-corrected chi connectivity index (χ1v) is 6.00. The fourth-order valence-electron chi connectivity index (χ4n) is 2.50. The van der Waals surface area contributed by atoms with Crippen LogP contribution in [0.5, 0.6) is 5.75 Å². The van der Waals surface area contributed by atoms with Crippen molar-refractivity contribution < 1.29 is 9.52 Å². The van der Waals surface area contributed by atoms with Crippen LogP contribution in [0.2, 0.25) is 0 Å². The van der Waals surface area contributed by atoms with Crippen molar-refractivity contribution in [2.24, 2.45) is 0 Å². The summed E-state index contributed by atoms with van der Waals surface area (Å²) in [6.07, 6.45) is 5.37. The van der Waals surface area contributed by atoms with Crippen molar-refractivity contribution in [1.82, 2.24) is 4.98 Å². The van der Waals surface area contributed by atoms with Crippen LogP contribution in [0.15, 0.2) is 22.8 Å². The van der Waals surface area contributed by atoms with Gasteiger partial charge in [0.15, 0.2) is 17.2 Å². The van der Waals surface area contributed by atoms with Crippen LogP contribution in [0.4, 0.5) is 0 Å². The third-order valence-corrected chi connectivity index (χ3v) is 3.35. The van der Waals surface area contributed by atoms with E-state index in [2.05, 4.69) is 4.98 Å². The molecule has 3 rings (SSSR count). The Bertz CT molecular complexity index is 624. The molecule has 0 amide bonds. The van der Waals surface area contributed by atoms with Crippen LogP contribution >= 0.6 is 0 Å². The molecule has 18 heavy (non-hydrogen) atoms. The molecule has 2 aromatic heterocycles. The van der Waals surface area contributed by atoms with E-state index < -0.39 is 0 Å². The number of nitriles is 1. The number of hydrogen-bond donors (Lipinski definition) is 1. The van der Waals surface area contributed by atoms with Gasteiger partial charge in [-0.1, -0.05) is 0 Å². The summed E-state index contributed by atoms with van der Waals surface area (Å²) >= 11 is 0. The van der Waals surface area contributed by atoms with Crippen molar-refractivity contribution in [3.63, 3.8) is 0 Å². The molecule has 4 heteroatoms. The lowest BCUT2D eigenvalue weighted by atomic mass is 9.89. The second kappa shape index (κ2) is 4.19. The first-order valence-electron chi connectivity index (χ1n) is 6.00. The van der Waals surface area contributed by atoms with Gasteiger partial charge >= 0.3 is 0 Å². The molecular weight excluding hydrogens is 228 g/mol. The number of aromatic nitrogens is 1. The molecule has 0 radical (unpaired) electrons. The monoisotopic (exact) mass is 240 g/mol. The summed E-state index contributed by atoms with van der Waals surface area (Å²) in [6, 6.07) is 5.57. The topological polar surface area (TPSA) is 70.0 Å². The fourth-order valence-corrected chi connectivity index (χ4v) is 2.50. The number of aromatic hydroxyl groups is 1. The molecular formula is C14H12N2O2. The van der Waals surface area contributed by atoms with Gasteiger partial charge in [-0.25, -0.2) is 4.98 Å². The molecule has 1 N–H and O–H groups in total. The summed E-state index contributed by atoms with van der Waals surface area (Å²) in [7, 11) is 0. The largest absolute Gasteiger partial charge is 0.505 e. The molecule has 0 aromatic carbocycles. The zero-order chi connectivity index (χ0) is 12.5. The third-order valence-electron chi connectivity index (χ3n) is 3.35. The van der Waals surface area contributed by atoms with Crippen molar-refractivity contribution >= 4 is 0 Å². The van der Waals surface area contributed by atoms with Crippen molar-refractivity contribution in [2.75, 3.05) is 0 Å². The van der Waals surface area contributed by atoms with Gasteiger partial charge in [0.1, 0.15) is 11.8 Å². The van der Waals surface area contributed by atoms with E-state index in [1.165, 1.54) is 0 Å². The van der Waals surface area contributed by atoms with Gasteiger partial charge in [0.25, 0.3) is 0 Å². The maximum Gasteiger partial charge on any atom is 0.183 e. The Morgan fingerprint density at radius 3 is 2.72 bits per heavy atom. The minimum absolute atomic E-state index is 0.0440. The van der Waals surface area contributed by atoms with Crippen molar-refractivity contribution in [3.8, 4) is 23.3 Å². The molecule has 0 aliphatic heterocycles. The highest BCUT2D eigenvalue weighted by molar-refractivity contribution is 5.65. The van der Waals surface area contributed by atoms with E-state index >= 15 is 0 Å². The normalized spacial score (nSPS) is 13.9. The molecule has 0 atom stereocenters. The highest BCUT2D eigenvalue weighted by Crippen LogP contribution is 2.36. The average Bonchev–Trinajstić information content (AvgIpc) is 2.93. The highest BCUT2D eigenvalue weighted by Gasteiger charge is 2.23. The lowest BCUT2D eigenvalue weighted by molar-refractivity contribution is 0.456. The van der Waals surface area contributed by atoms with Gasteiger partial charge in [-0.15, -0.1) is 0 Å². The first-order chi connectivity index (χ1) is 8.81. The zero-order valence-corrected chi connectivity index (χ0v) is 9.81. The van der Waals surface area contributed by atoms with Crippen molar-refractivity contribution in [1.29, 1.82) is 5.26 Å². The minimum Gasteiger partial charge on any atom is -0.505 e. The summed E-state index contributed by atoms with van der Waals surface area (Å²) in [4.78, 5) is 4.24. The summed E-state index contributed by atoms with van der Waals surface area (Å²) in [6.45, 7) is 0. The van der Waals surface area contributed by atoms with Gasteiger partial charge in [0.2, 0.25) is 0 Å². The van der Waals surface area contributed by atoms with E-state index in [1.54, 1.807) is 12.3 Å². The molecule has 4 nitrogen and oxygen atoms in total. The van der Waals surface area contributed by atoms with Gasteiger partial charge in [0.05, 0.1) is 6.26 Å². The lowest BCUT2D eigenvalue weighted by Gasteiger charge is -2.19. The Morgan fingerprint density at radius 1 is 1.28 bits per heavy atom. The van der Waals surface area contributed by atoms with E-state index in [1.807, 2.05) is 12.1 Å². The maximum absolute atomic E-state index is 10.0. The van der Waals surface area contributed by atoms with Crippen LogP contribution in [0.1, 0.15) is 29.7 Å². The zero-order valence-electron chi connectivity index (χ0n) is 9.81. The number of rotatable bonds is 1. The Hall–Kier alpha value is -2.28. The van der Waals surface area contributed by atoms with Crippen LogP contribution < -0.4 is 0 Å². The van der Waals surface area contributed by atoms with Crippen LogP contribution in [-0.2, 0) is 12.8 Å². The predicted molar refractivity (Wildman–Crippen MR) is 65.0 cm³/mol. The molecule has 2 heterocycles. The summed E-state index contributed by atoms with van der Waals surface area (Å²) < 4.78 is 5.37. The SMILES string of the molecule is N#Cc1nc(-c2ccco2)c2c(c1O)CCCC2. The van der Waals surface area contributed by atoms with E-state index in [0.717, 1.165) is 36.8 Å². The van der Waals surface area contributed by atoms with Crippen LogP contribution in [-0.4, -0.2) is 10.1 Å². The highest BCUT2D eigenvalue weighted by atomic mass is 16.3. The smallest absolute Gasteiger partial charge is 0.183 e. The molecule has 0 fully saturated rings. The predicted octanol–water partition coefficient (Wildman–Crippen LogP) is 2.80. The average molecular weight is 240 g/mol. The van der Waals surface area contributed by atoms with Gasteiger partial charge in [-0.3, -0.25) is 0 Å². The summed E-state index contributed by atoms with van der Waals surface area (Å²) in [5.41, 5.74) is 2.66. The Balaban J connectivity index is 2.28. The number of furan rings is 1. The maximum atomic E-state index is 10.0. The second-order valence-corrected chi connectivity index (χ2v) is 4.41. The molecule has 2 aromatic rings. The Morgan fingerprint density at radius 2 is 2.06 bits per heavy atom. The van der Waals surface area contributed by atoms with Crippen molar-refractivity contribution in [2.45, 2.75) is 25.7 Å². The molecule has 1 aliphatic rings. The Labute approximate surface area is 105 Å². The standard InChI is InChI=1S/C14H12N2O2/c15-8-11-14(17)10-5-2-1-4-9(10)13(16-11)12-6-3-7-18-12/h3,6-7,17H,1-2,4-5H2. The van der Waals surface area contributed by atoms with E-state index in [9.17, 15) is 5.11 Å². The van der Waals surface area contributed by atoms with Crippen LogP contribution in [0, 0.1) is 11.3 Å². The first kappa shape index (κ1) is 10.8. The lowest BCUT2D eigenvalue weighted by Crippen LogP contribution is -2.08. The number of hydrogen-bond acceptors (Lipinski definition) is 4. The molecule has 1 aliphatic carbocycles. The molecule has 0 saturated carbocycles. The molecule has 0 spiro atoms. The summed E-state index contributed by atoms with van der Waals surface area (Å²) in [5.74, 6) is 0.701. The van der Waals surface area contributed by atoms with E-state index in [4.69, 9.17) is 9.68 Å². The molecule has 90 valence electrons. The van der Waals surface area contributed by atoms with E-state index in [0.29, 0.717) is 11.5 Å². The molecule has 0 bridgehead atoms. The number of nitrogens with zero attached hydrogens (tertiary/aromatic N) is 2. The van der Waals surface area contributed by atoms with Gasteiger partial charge < -0.3 is 9.52 Å². The summed E-state index contributed by atoms with van der Waals surface area (Å²) in [5, 5.41) is 19.1. The van der Waals surface area contributed by atoms with Gasteiger partial charge in [-0.05, 0) is 43.4 Å². The van der Waals surface area contributed by atoms with Crippen LogP contribution in [0.3, 0.4) is 0 Å². The third kappa shape index (κ3) is 1.56. The molecule has 0 saturated heterocycles. The number of fused-ring (bicyclic) bond motifs is 1. The van der Waals surface area contributed by atoms with E-state index in [-0.39, 0.29) is 11.4 Å². The fraction of sp³-hybridized carbons (Fsp3) is 0.286. The second-order valence-electron chi connectivity index (χ2n) is 4.41. The minimum atomic E-state index is 0.0440. The quantitative estimate of drug-likeness (QED) is 0.832. The Kier molecular flexibility index (Phi) is 2.52. The van der Waals surface area contributed by atoms with Crippen LogP contribution in [0.25, 0.3) is 11.5 Å². The molecule has 0 unspecified atom stereocenters. The number of pyridine rings is 1. The van der Waals surface area contributed by atoms with Crippen molar-refractivity contribution in [3.05, 3.63) is 35.2 Å². The van der Waals surface area contributed by atoms with Gasteiger partial charge in [-0.2, -0.15) is 5.26 Å². The van der Waals surface area contributed by atoms with Gasteiger partial charge in [0, 0.05) is 5.56 Å².